The summed E-state index contributed by atoms with van der Waals surface area (Å²) in [5.41, 5.74) is 6.31. The van der Waals surface area contributed by atoms with E-state index in [1.165, 1.54) is 0 Å². The molecule has 0 atom stereocenters. The van der Waals surface area contributed by atoms with Crippen molar-refractivity contribution in [1.29, 1.82) is 0 Å². The molecule has 0 saturated carbocycles. The van der Waals surface area contributed by atoms with E-state index in [2.05, 4.69) is 15.0 Å². The average molecular weight is 1190 g/mol. The van der Waals surface area contributed by atoms with Crippen molar-refractivity contribution in [1.82, 2.24) is 28.7 Å². The standard InChI is InChI=1S/C34H44N4O6.C34H43N3O6/c1-6-28(35-41)27-19-23(2)20-29-26(27)8-10-32(39)37(29)16-15-36-13-11-25(12-14-36)38(33(40)44-34(3,4)5)22-24-7-9-30-31(21-24)43-18-17-42-30;1-6-29(38)27-19-23(2)20-28-26(27)8-10-32(39)36(28)16-15-35-13-11-25(12-14-35)37(33(40)43-34(3,4)5)22-24-7-9-30-31(21-24)42-18-17-41-30/h7-10,19-21,25,41H,6,11-18,22H2,1-5H3;7-10,19-21,25H,6,11-18,22H2,1-5H3/b35-28-;. The number of nitrogens with zero attached hydrogens (tertiary/aromatic N) is 7. The van der Waals surface area contributed by atoms with Gasteiger partial charge in [-0.3, -0.25) is 14.4 Å². The van der Waals surface area contributed by atoms with Gasteiger partial charge in [-0.15, -0.1) is 0 Å². The number of likely N-dealkylation sites (tertiary alicyclic amines) is 2. The normalized spacial score (nSPS) is 16.0. The van der Waals surface area contributed by atoms with Crippen molar-refractivity contribution in [3.05, 3.63) is 139 Å². The molecule has 0 aliphatic carbocycles. The van der Waals surface area contributed by atoms with Crippen molar-refractivity contribution in [2.75, 3.05) is 65.7 Å². The quantitative estimate of drug-likeness (QED) is 0.0416. The molecule has 10 rings (SSSR count). The molecule has 2 amide bonds. The first-order valence-corrected chi connectivity index (χ1v) is 30.8. The summed E-state index contributed by atoms with van der Waals surface area (Å²) >= 11 is 0. The number of benzene rings is 4. The zero-order chi connectivity index (χ0) is 62.2. The van der Waals surface area contributed by atoms with E-state index in [0.717, 1.165) is 113 Å². The molecule has 19 heteroatoms. The number of fused-ring (bicyclic) bond motifs is 4. The first-order chi connectivity index (χ1) is 41.6. The second-order valence-corrected chi connectivity index (χ2v) is 25.1. The van der Waals surface area contributed by atoms with Crippen LogP contribution in [0.5, 0.6) is 23.0 Å². The van der Waals surface area contributed by atoms with Crippen LogP contribution in [0.1, 0.15) is 132 Å². The molecule has 4 aromatic carbocycles. The van der Waals surface area contributed by atoms with Crippen molar-refractivity contribution in [3.63, 3.8) is 0 Å². The van der Waals surface area contributed by atoms with E-state index in [1.54, 1.807) is 22.8 Å². The SMILES string of the molecule is CC/C(=N/O)c1cc(C)cc2c1ccc(=O)n2CCN1CCC(N(Cc2ccc3c(c2)OCCO3)C(=O)OC(C)(C)C)CC1.CCC(=O)c1cc(C)cc2c1ccc(=O)n2CCN1CCC(N(Cc2ccc3c(c2)OCCO3)C(=O)OC(C)(C)C)CC1. The molecule has 6 aromatic rings. The Labute approximate surface area is 510 Å². The molecule has 4 aliphatic heterocycles. The molecular formula is C68H87N7O12. The minimum Gasteiger partial charge on any atom is -0.486 e. The molecule has 466 valence electrons. The van der Waals surface area contributed by atoms with Crippen LogP contribution >= 0.6 is 0 Å². The van der Waals surface area contributed by atoms with Gasteiger partial charge in [-0.1, -0.05) is 31.1 Å². The third-order valence-electron chi connectivity index (χ3n) is 16.3. The van der Waals surface area contributed by atoms with Gasteiger partial charge in [0.1, 0.15) is 37.6 Å². The Morgan fingerprint density at radius 1 is 0.540 bits per heavy atom. The molecule has 4 aliphatic rings. The number of oxime groups is 1. The Bertz CT molecular complexity index is 3600. The third kappa shape index (κ3) is 16.0. The van der Waals surface area contributed by atoms with Crippen LogP contribution in [0.3, 0.4) is 0 Å². The summed E-state index contributed by atoms with van der Waals surface area (Å²) in [6.45, 7) is 27.6. The Balaban J connectivity index is 0.000000208. The summed E-state index contributed by atoms with van der Waals surface area (Å²) < 4.78 is 38.1. The molecule has 2 saturated heterocycles. The van der Waals surface area contributed by atoms with Gasteiger partial charge in [0.2, 0.25) is 0 Å². The van der Waals surface area contributed by atoms with Gasteiger partial charge in [-0.25, -0.2) is 9.59 Å². The lowest BCUT2D eigenvalue weighted by atomic mass is 9.99. The van der Waals surface area contributed by atoms with Crippen LogP contribution in [0.15, 0.2) is 99.7 Å². The van der Waals surface area contributed by atoms with Gasteiger partial charge in [0.15, 0.2) is 28.8 Å². The van der Waals surface area contributed by atoms with Crippen LogP contribution in [-0.2, 0) is 35.7 Å². The number of hydrogen-bond acceptors (Lipinski definition) is 15. The molecule has 2 fully saturated rings. The number of hydrogen-bond donors (Lipinski definition) is 1. The molecule has 2 aromatic heterocycles. The van der Waals surface area contributed by atoms with Crippen LogP contribution in [0.25, 0.3) is 21.8 Å². The highest BCUT2D eigenvalue weighted by Crippen LogP contribution is 2.35. The van der Waals surface area contributed by atoms with Gasteiger partial charge >= 0.3 is 12.2 Å². The third-order valence-corrected chi connectivity index (χ3v) is 16.3. The van der Waals surface area contributed by atoms with Crippen molar-refractivity contribution in [3.8, 4) is 23.0 Å². The molecule has 19 nitrogen and oxygen atoms in total. The molecule has 0 bridgehead atoms. The number of piperidine rings is 2. The fraction of sp³-hybridized carbons (Fsp3) is 0.500. The number of amides is 2. The van der Waals surface area contributed by atoms with E-state index < -0.39 is 11.2 Å². The first-order valence-electron chi connectivity index (χ1n) is 30.8. The Morgan fingerprint density at radius 2 is 0.943 bits per heavy atom. The van der Waals surface area contributed by atoms with E-state index in [9.17, 15) is 29.2 Å². The number of carbonyl (C=O) groups is 3. The zero-order valence-electron chi connectivity index (χ0n) is 52.4. The average Bonchev–Trinajstić information content (AvgIpc) is 0.995. The molecule has 6 heterocycles. The van der Waals surface area contributed by atoms with Crippen LogP contribution in [-0.4, -0.2) is 147 Å². The van der Waals surface area contributed by atoms with Gasteiger partial charge < -0.3 is 62.4 Å². The lowest BCUT2D eigenvalue weighted by molar-refractivity contribution is 0.00468. The minimum absolute atomic E-state index is 0.0184. The Morgan fingerprint density at radius 3 is 1.33 bits per heavy atom. The van der Waals surface area contributed by atoms with Crippen LogP contribution < -0.4 is 30.1 Å². The second kappa shape index (κ2) is 27.9. The number of carbonyl (C=O) groups excluding carboxylic acids is 3. The summed E-state index contributed by atoms with van der Waals surface area (Å²) in [5.74, 6) is 2.93. The highest BCUT2D eigenvalue weighted by atomic mass is 16.6. The van der Waals surface area contributed by atoms with E-state index in [4.69, 9.17) is 28.4 Å². The number of Topliss-reactive ketones (excluding diaryl/α,β-unsaturated/α-hetero) is 1. The minimum atomic E-state index is -0.603. The predicted molar refractivity (Wildman–Crippen MR) is 336 cm³/mol. The summed E-state index contributed by atoms with van der Waals surface area (Å²) in [6, 6.07) is 26.4. The van der Waals surface area contributed by atoms with Crippen molar-refractivity contribution in [2.45, 2.75) is 157 Å². The van der Waals surface area contributed by atoms with E-state index in [-0.39, 0.29) is 41.2 Å². The number of pyridine rings is 2. The number of rotatable bonds is 16. The lowest BCUT2D eigenvalue weighted by Crippen LogP contribution is -2.49. The lowest BCUT2D eigenvalue weighted by Gasteiger charge is -2.39. The topological polar surface area (TPSA) is 196 Å². The highest BCUT2D eigenvalue weighted by molar-refractivity contribution is 6.10. The summed E-state index contributed by atoms with van der Waals surface area (Å²) in [7, 11) is 0. The van der Waals surface area contributed by atoms with Crippen molar-refractivity contribution < 1.29 is 48.0 Å². The van der Waals surface area contributed by atoms with E-state index in [0.29, 0.717) is 101 Å². The monoisotopic (exact) mass is 1190 g/mol. The molecule has 0 unspecified atom stereocenters. The van der Waals surface area contributed by atoms with Gasteiger partial charge in [0, 0.05) is 118 Å². The Hall–Kier alpha value is -7.90. The molecule has 0 radical (unpaired) electrons. The van der Waals surface area contributed by atoms with Crippen LogP contribution in [0, 0.1) is 13.8 Å². The highest BCUT2D eigenvalue weighted by Gasteiger charge is 2.34. The number of aryl methyl sites for hydroxylation is 2. The van der Waals surface area contributed by atoms with Crippen LogP contribution in [0.2, 0.25) is 0 Å². The number of ether oxygens (including phenoxy) is 6. The first kappa shape index (κ1) is 63.6. The molecular weight excluding hydrogens is 1110 g/mol. The smallest absolute Gasteiger partial charge is 0.410 e. The molecule has 87 heavy (non-hydrogen) atoms. The number of ketones is 1. The van der Waals surface area contributed by atoms with Gasteiger partial charge in [0.25, 0.3) is 11.1 Å². The van der Waals surface area contributed by atoms with Gasteiger partial charge in [-0.05, 0) is 170 Å². The number of aromatic nitrogens is 2. The molecule has 0 spiro atoms. The van der Waals surface area contributed by atoms with E-state index in [1.807, 2.05) is 150 Å². The summed E-state index contributed by atoms with van der Waals surface area (Å²) in [5, 5.41) is 14.8. The Kier molecular flexibility index (Phi) is 20.4. The maximum absolute atomic E-state index is 13.4. The maximum atomic E-state index is 13.4. The van der Waals surface area contributed by atoms with Crippen LogP contribution in [0.4, 0.5) is 9.59 Å². The van der Waals surface area contributed by atoms with Gasteiger partial charge in [-0.2, -0.15) is 0 Å². The zero-order valence-corrected chi connectivity index (χ0v) is 52.4. The largest absolute Gasteiger partial charge is 0.486 e. The summed E-state index contributed by atoms with van der Waals surface area (Å²) in [4.78, 5) is 73.8. The van der Waals surface area contributed by atoms with Gasteiger partial charge in [0.05, 0.1) is 16.7 Å². The summed E-state index contributed by atoms with van der Waals surface area (Å²) in [6.07, 6.45) is 3.53. The van der Waals surface area contributed by atoms with Crippen molar-refractivity contribution in [2.24, 2.45) is 5.16 Å². The second-order valence-electron chi connectivity index (χ2n) is 25.1. The predicted octanol–water partition coefficient (Wildman–Crippen LogP) is 11.1. The maximum Gasteiger partial charge on any atom is 0.410 e. The fourth-order valence-corrected chi connectivity index (χ4v) is 12.0. The van der Waals surface area contributed by atoms with E-state index >= 15 is 0 Å². The molecule has 1 N–H and O–H groups in total. The van der Waals surface area contributed by atoms with Crippen molar-refractivity contribution >= 4 is 45.5 Å². The fourth-order valence-electron chi connectivity index (χ4n) is 12.0.